The summed E-state index contributed by atoms with van der Waals surface area (Å²) in [7, 11) is 0. The maximum absolute atomic E-state index is 11.9. The highest BCUT2D eigenvalue weighted by Crippen LogP contribution is 2.35. The van der Waals surface area contributed by atoms with E-state index >= 15 is 0 Å². The van der Waals surface area contributed by atoms with Crippen molar-refractivity contribution in [2.75, 3.05) is 11.4 Å². The minimum Gasteiger partial charge on any atom is -0.444 e. The molecule has 1 N–H and O–H groups in total. The number of hydrogen-bond donors (Lipinski definition) is 1. The summed E-state index contributed by atoms with van der Waals surface area (Å²) < 4.78 is 9.35. The van der Waals surface area contributed by atoms with Crippen LogP contribution in [0.5, 0.6) is 0 Å². The molecule has 0 radical (unpaired) electrons. The molecule has 23 heavy (non-hydrogen) atoms. The molecule has 1 fully saturated rings. The smallest absolute Gasteiger partial charge is 0.407 e. The van der Waals surface area contributed by atoms with Gasteiger partial charge < -0.3 is 15.0 Å². The van der Waals surface area contributed by atoms with Gasteiger partial charge in [-0.3, -0.25) is 0 Å². The Bertz CT molecular complexity index is 620. The molecule has 1 aromatic heterocycles. The van der Waals surface area contributed by atoms with E-state index in [2.05, 4.69) is 27.6 Å². The standard InChI is InChI=1S/C15H21ClN4O2S/c1-9-7-10(18-14(21)22-15(2,3)4)5-6-20(9)13-11(8-17)12(16)19-23-13/h9-10H,5-7H2,1-4H3,(H,18,21). The van der Waals surface area contributed by atoms with Gasteiger partial charge in [-0.2, -0.15) is 9.64 Å². The van der Waals surface area contributed by atoms with Crippen molar-refractivity contribution >= 4 is 34.2 Å². The van der Waals surface area contributed by atoms with Gasteiger partial charge in [-0.15, -0.1) is 0 Å². The average Bonchev–Trinajstić information content (AvgIpc) is 2.77. The molecule has 2 rings (SSSR count). The molecule has 8 heteroatoms. The highest BCUT2D eigenvalue weighted by Gasteiger charge is 2.30. The van der Waals surface area contributed by atoms with Gasteiger partial charge in [0.15, 0.2) is 5.15 Å². The summed E-state index contributed by atoms with van der Waals surface area (Å²) in [5.74, 6) is 0. The number of nitriles is 1. The lowest BCUT2D eigenvalue weighted by Gasteiger charge is -2.38. The molecule has 1 aliphatic heterocycles. The van der Waals surface area contributed by atoms with Crippen LogP contribution in [0.4, 0.5) is 9.80 Å². The van der Waals surface area contributed by atoms with Gasteiger partial charge in [0.25, 0.3) is 0 Å². The number of halogens is 1. The van der Waals surface area contributed by atoms with Gasteiger partial charge in [0.2, 0.25) is 0 Å². The number of nitrogens with one attached hydrogen (secondary N) is 1. The van der Waals surface area contributed by atoms with E-state index in [9.17, 15) is 10.1 Å². The Labute approximate surface area is 145 Å². The molecule has 0 aliphatic carbocycles. The molecular formula is C15H21ClN4O2S. The van der Waals surface area contributed by atoms with Crippen LogP contribution >= 0.6 is 23.1 Å². The van der Waals surface area contributed by atoms with Gasteiger partial charge in [0, 0.05) is 18.6 Å². The van der Waals surface area contributed by atoms with Gasteiger partial charge >= 0.3 is 6.09 Å². The Morgan fingerprint density at radius 1 is 1.57 bits per heavy atom. The van der Waals surface area contributed by atoms with Crippen molar-refractivity contribution in [1.82, 2.24) is 9.69 Å². The molecule has 0 bridgehead atoms. The fourth-order valence-electron chi connectivity index (χ4n) is 2.63. The van der Waals surface area contributed by atoms with Crippen molar-refractivity contribution in [2.45, 2.75) is 58.2 Å². The molecule has 2 unspecified atom stereocenters. The SMILES string of the molecule is CC1CC(NC(=O)OC(C)(C)C)CCN1c1snc(Cl)c1C#N. The van der Waals surface area contributed by atoms with Gasteiger partial charge in [0.05, 0.1) is 0 Å². The highest BCUT2D eigenvalue weighted by molar-refractivity contribution is 7.10. The summed E-state index contributed by atoms with van der Waals surface area (Å²) >= 11 is 7.19. The van der Waals surface area contributed by atoms with Gasteiger partial charge in [-0.05, 0) is 52.1 Å². The van der Waals surface area contributed by atoms with Crippen LogP contribution in [0.3, 0.4) is 0 Å². The van der Waals surface area contributed by atoms with Crippen molar-refractivity contribution in [3.63, 3.8) is 0 Å². The number of piperidine rings is 1. The molecule has 2 heterocycles. The normalized spacial score (nSPS) is 21.7. The van der Waals surface area contributed by atoms with Crippen molar-refractivity contribution in [3.8, 4) is 6.07 Å². The van der Waals surface area contributed by atoms with E-state index in [1.807, 2.05) is 20.8 Å². The Kier molecular flexibility index (Phi) is 5.37. The molecular weight excluding hydrogens is 336 g/mol. The minimum absolute atomic E-state index is 0.0602. The first-order valence-corrected chi connectivity index (χ1v) is 8.68. The van der Waals surface area contributed by atoms with Crippen LogP contribution in [-0.4, -0.2) is 34.7 Å². The number of aromatic nitrogens is 1. The Hall–Kier alpha value is -1.52. The zero-order valence-electron chi connectivity index (χ0n) is 13.7. The second-order valence-corrected chi connectivity index (χ2v) is 7.79. The number of alkyl carbamates (subject to hydrolysis) is 1. The monoisotopic (exact) mass is 356 g/mol. The second-order valence-electron chi connectivity index (χ2n) is 6.68. The lowest BCUT2D eigenvalue weighted by Crippen LogP contribution is -2.49. The minimum atomic E-state index is -0.502. The number of ether oxygens (including phenoxy) is 1. The summed E-state index contributed by atoms with van der Waals surface area (Å²) in [6, 6.07) is 2.35. The maximum atomic E-state index is 11.9. The molecule has 0 saturated carbocycles. The highest BCUT2D eigenvalue weighted by atomic mass is 35.5. The van der Waals surface area contributed by atoms with Crippen LogP contribution in [0.25, 0.3) is 0 Å². The molecule has 1 amide bonds. The van der Waals surface area contributed by atoms with Crippen LogP contribution < -0.4 is 10.2 Å². The predicted octanol–water partition coefficient (Wildman–Crippen LogP) is 3.55. The van der Waals surface area contributed by atoms with Crippen LogP contribution in [0.2, 0.25) is 5.15 Å². The molecule has 2 atom stereocenters. The fourth-order valence-corrected chi connectivity index (χ4v) is 3.79. The third kappa shape index (κ3) is 4.49. The molecule has 0 spiro atoms. The van der Waals surface area contributed by atoms with Gasteiger partial charge in [-0.1, -0.05) is 11.6 Å². The Morgan fingerprint density at radius 3 is 2.83 bits per heavy atom. The third-order valence-electron chi connectivity index (χ3n) is 3.60. The topological polar surface area (TPSA) is 78.2 Å². The van der Waals surface area contributed by atoms with E-state index < -0.39 is 5.60 Å². The van der Waals surface area contributed by atoms with Crippen LogP contribution in [-0.2, 0) is 4.74 Å². The maximum Gasteiger partial charge on any atom is 0.407 e. The first-order chi connectivity index (χ1) is 10.7. The quantitative estimate of drug-likeness (QED) is 0.876. The molecule has 1 aliphatic rings. The zero-order valence-corrected chi connectivity index (χ0v) is 15.3. The number of rotatable bonds is 2. The van der Waals surface area contributed by atoms with Gasteiger partial charge in [0.1, 0.15) is 22.2 Å². The van der Waals surface area contributed by atoms with E-state index in [1.54, 1.807) is 0 Å². The summed E-state index contributed by atoms with van der Waals surface area (Å²) in [6.07, 6.45) is 1.17. The number of amides is 1. The van der Waals surface area contributed by atoms with Crippen LogP contribution in [0.1, 0.15) is 46.1 Å². The van der Waals surface area contributed by atoms with E-state index in [0.29, 0.717) is 5.56 Å². The van der Waals surface area contributed by atoms with Gasteiger partial charge in [-0.25, -0.2) is 4.79 Å². The zero-order chi connectivity index (χ0) is 17.2. The van der Waals surface area contributed by atoms with E-state index in [1.165, 1.54) is 11.5 Å². The van der Waals surface area contributed by atoms with E-state index in [0.717, 1.165) is 24.4 Å². The number of anilines is 1. The number of nitrogens with zero attached hydrogens (tertiary/aromatic N) is 3. The largest absolute Gasteiger partial charge is 0.444 e. The summed E-state index contributed by atoms with van der Waals surface area (Å²) in [4.78, 5) is 14.0. The predicted molar refractivity (Wildman–Crippen MR) is 91.0 cm³/mol. The fraction of sp³-hybridized carbons (Fsp3) is 0.667. The van der Waals surface area contributed by atoms with Crippen molar-refractivity contribution in [2.24, 2.45) is 0 Å². The van der Waals surface area contributed by atoms with E-state index in [-0.39, 0.29) is 23.3 Å². The Morgan fingerprint density at radius 2 is 2.26 bits per heavy atom. The number of hydrogen-bond acceptors (Lipinski definition) is 6. The lowest BCUT2D eigenvalue weighted by atomic mass is 9.98. The molecule has 0 aromatic carbocycles. The summed E-state index contributed by atoms with van der Waals surface area (Å²) in [5, 5.41) is 13.2. The number of carbonyl (C=O) groups excluding carboxylic acids is 1. The van der Waals surface area contributed by atoms with Crippen molar-refractivity contribution in [3.05, 3.63) is 10.7 Å². The first kappa shape index (κ1) is 17.8. The molecule has 1 saturated heterocycles. The first-order valence-electron chi connectivity index (χ1n) is 7.52. The summed E-state index contributed by atoms with van der Waals surface area (Å²) in [5.41, 5.74) is -0.0700. The summed E-state index contributed by atoms with van der Waals surface area (Å²) in [6.45, 7) is 8.32. The lowest BCUT2D eigenvalue weighted by molar-refractivity contribution is 0.0494. The number of carbonyl (C=O) groups is 1. The second kappa shape index (κ2) is 6.93. The van der Waals surface area contributed by atoms with E-state index in [4.69, 9.17) is 16.3 Å². The van der Waals surface area contributed by atoms with Crippen LogP contribution in [0.15, 0.2) is 0 Å². The molecule has 126 valence electrons. The average molecular weight is 357 g/mol. The van der Waals surface area contributed by atoms with Crippen molar-refractivity contribution in [1.29, 1.82) is 5.26 Å². The third-order valence-corrected chi connectivity index (χ3v) is 4.86. The van der Waals surface area contributed by atoms with Crippen molar-refractivity contribution < 1.29 is 9.53 Å². The Balaban J connectivity index is 1.98. The molecule has 1 aromatic rings. The van der Waals surface area contributed by atoms with Crippen LogP contribution in [0, 0.1) is 11.3 Å². The molecule has 6 nitrogen and oxygen atoms in total.